The van der Waals surface area contributed by atoms with Crippen molar-refractivity contribution in [3.8, 4) is 0 Å². The molecule has 5 nitrogen and oxygen atoms in total. The van der Waals surface area contributed by atoms with Crippen LogP contribution in [0.25, 0.3) is 0 Å². The summed E-state index contributed by atoms with van der Waals surface area (Å²) >= 11 is 0. The predicted molar refractivity (Wildman–Crippen MR) is 83.3 cm³/mol. The van der Waals surface area contributed by atoms with Crippen LogP contribution in [0.1, 0.15) is 42.9 Å². The minimum atomic E-state index is -0.844. The van der Waals surface area contributed by atoms with Crippen LogP contribution in [0.3, 0.4) is 0 Å². The molecule has 22 heavy (non-hydrogen) atoms. The number of nitrogens with zero attached hydrogens (tertiary/aromatic N) is 4. The Kier molecular flexibility index (Phi) is 3.27. The molecule has 0 radical (unpaired) electrons. The highest BCUT2D eigenvalue weighted by atomic mass is 16.3. The number of β-amino-alcohol motifs (C(OH)–C–C–N with tert-alkyl or cyclic N) is 1. The summed E-state index contributed by atoms with van der Waals surface area (Å²) in [7, 11) is 0. The molecule has 0 saturated heterocycles. The van der Waals surface area contributed by atoms with Gasteiger partial charge in [0.25, 0.3) is 0 Å². The van der Waals surface area contributed by atoms with E-state index in [0.717, 1.165) is 31.0 Å². The van der Waals surface area contributed by atoms with Crippen molar-refractivity contribution in [1.29, 1.82) is 0 Å². The van der Waals surface area contributed by atoms with Gasteiger partial charge in [-0.2, -0.15) is 0 Å². The van der Waals surface area contributed by atoms with Crippen molar-refractivity contribution < 1.29 is 5.11 Å². The lowest BCUT2D eigenvalue weighted by Gasteiger charge is -2.34. The van der Waals surface area contributed by atoms with E-state index in [2.05, 4.69) is 19.7 Å². The van der Waals surface area contributed by atoms with Gasteiger partial charge in [0.15, 0.2) is 0 Å². The fraction of sp³-hybridized carbons (Fsp3) is 0.529. The van der Waals surface area contributed by atoms with E-state index in [0.29, 0.717) is 12.5 Å². The highest BCUT2D eigenvalue weighted by Gasteiger charge is 2.33. The molecule has 1 saturated carbocycles. The van der Waals surface area contributed by atoms with E-state index in [1.54, 1.807) is 0 Å². The van der Waals surface area contributed by atoms with Crippen LogP contribution in [0, 0.1) is 0 Å². The van der Waals surface area contributed by atoms with Crippen LogP contribution in [-0.2, 0) is 18.7 Å². The maximum absolute atomic E-state index is 10.8. The molecule has 1 N–H and O–H groups in total. The van der Waals surface area contributed by atoms with Crippen LogP contribution in [0.2, 0.25) is 0 Å². The zero-order valence-electron chi connectivity index (χ0n) is 12.9. The lowest BCUT2D eigenvalue weighted by atomic mass is 9.95. The molecule has 116 valence electrons. The van der Waals surface area contributed by atoms with Gasteiger partial charge in [-0.15, -0.1) is 10.2 Å². The van der Waals surface area contributed by atoms with E-state index < -0.39 is 5.60 Å². The number of benzene rings is 1. The van der Waals surface area contributed by atoms with Crippen LogP contribution in [0.4, 0.5) is 0 Å². The summed E-state index contributed by atoms with van der Waals surface area (Å²) in [5.74, 6) is 2.85. The summed E-state index contributed by atoms with van der Waals surface area (Å²) in [4.78, 5) is 2.27. The Bertz CT molecular complexity index is 661. The fourth-order valence-corrected chi connectivity index (χ4v) is 3.33. The van der Waals surface area contributed by atoms with E-state index in [4.69, 9.17) is 0 Å². The van der Waals surface area contributed by atoms with E-state index in [9.17, 15) is 5.11 Å². The Morgan fingerprint density at radius 3 is 2.68 bits per heavy atom. The van der Waals surface area contributed by atoms with Gasteiger partial charge in [0.05, 0.1) is 12.1 Å². The van der Waals surface area contributed by atoms with E-state index in [1.807, 2.05) is 37.3 Å². The van der Waals surface area contributed by atoms with Crippen molar-refractivity contribution in [2.75, 3.05) is 13.1 Å². The lowest BCUT2D eigenvalue weighted by Crippen LogP contribution is -2.43. The normalized spacial score (nSPS) is 21.4. The van der Waals surface area contributed by atoms with Gasteiger partial charge in [-0.05, 0) is 25.3 Å². The van der Waals surface area contributed by atoms with Crippen LogP contribution >= 0.6 is 0 Å². The molecule has 2 heterocycles. The Morgan fingerprint density at radius 2 is 1.95 bits per heavy atom. The summed E-state index contributed by atoms with van der Waals surface area (Å²) in [6, 6.07) is 9.88. The van der Waals surface area contributed by atoms with E-state index in [-0.39, 0.29) is 0 Å². The highest BCUT2D eigenvalue weighted by Crippen LogP contribution is 2.39. The lowest BCUT2D eigenvalue weighted by molar-refractivity contribution is 0.00730. The van der Waals surface area contributed by atoms with E-state index in [1.165, 1.54) is 18.7 Å². The molecule has 1 aromatic carbocycles. The molecule has 0 unspecified atom stereocenters. The first kappa shape index (κ1) is 13.9. The molecule has 1 aliphatic heterocycles. The van der Waals surface area contributed by atoms with Crippen LogP contribution in [-0.4, -0.2) is 37.9 Å². The summed E-state index contributed by atoms with van der Waals surface area (Å²) in [6.45, 7) is 5.13. The molecule has 1 aliphatic carbocycles. The van der Waals surface area contributed by atoms with Gasteiger partial charge in [0.1, 0.15) is 11.6 Å². The molecule has 1 aromatic heterocycles. The topological polar surface area (TPSA) is 54.2 Å². The maximum atomic E-state index is 10.8. The standard InChI is InChI=1S/C17H22N4O/c1-17(22,14-5-3-2-4-6-14)12-20-9-10-21-15(11-20)18-19-16(21)13-7-8-13/h2-6,13,22H,7-12H2,1H3/t17-/m1/s1. The largest absolute Gasteiger partial charge is 0.384 e. The molecular formula is C17H22N4O. The first-order valence-corrected chi connectivity index (χ1v) is 8.06. The molecule has 4 rings (SSSR count). The number of aliphatic hydroxyl groups is 1. The average molecular weight is 298 g/mol. The van der Waals surface area contributed by atoms with Gasteiger partial charge >= 0.3 is 0 Å². The van der Waals surface area contributed by atoms with Crippen molar-refractivity contribution in [2.45, 2.75) is 44.4 Å². The first-order chi connectivity index (χ1) is 10.6. The van der Waals surface area contributed by atoms with Crippen molar-refractivity contribution in [3.05, 3.63) is 47.5 Å². The number of hydrogen-bond donors (Lipinski definition) is 1. The number of aromatic nitrogens is 3. The smallest absolute Gasteiger partial charge is 0.147 e. The fourth-order valence-electron chi connectivity index (χ4n) is 3.33. The zero-order valence-corrected chi connectivity index (χ0v) is 12.9. The SMILES string of the molecule is C[C@@](O)(CN1CCn2c(nnc2C2CC2)C1)c1ccccc1. The second-order valence-corrected chi connectivity index (χ2v) is 6.75. The zero-order chi connectivity index (χ0) is 15.2. The molecular weight excluding hydrogens is 276 g/mol. The third kappa shape index (κ3) is 2.55. The minimum absolute atomic E-state index is 0.614. The van der Waals surface area contributed by atoms with Gasteiger partial charge in [0, 0.05) is 25.6 Å². The minimum Gasteiger partial charge on any atom is -0.384 e. The van der Waals surface area contributed by atoms with Crippen molar-refractivity contribution >= 4 is 0 Å². The average Bonchev–Trinajstić information content (AvgIpc) is 3.28. The monoisotopic (exact) mass is 298 g/mol. The molecule has 1 fully saturated rings. The van der Waals surface area contributed by atoms with Crippen molar-refractivity contribution in [2.24, 2.45) is 0 Å². The molecule has 0 amide bonds. The van der Waals surface area contributed by atoms with Crippen molar-refractivity contribution in [1.82, 2.24) is 19.7 Å². The van der Waals surface area contributed by atoms with Gasteiger partial charge in [-0.3, -0.25) is 4.90 Å². The number of hydrogen-bond acceptors (Lipinski definition) is 4. The molecule has 5 heteroatoms. The van der Waals surface area contributed by atoms with Crippen LogP contribution < -0.4 is 0 Å². The third-order valence-corrected chi connectivity index (χ3v) is 4.73. The number of fused-ring (bicyclic) bond motifs is 1. The van der Waals surface area contributed by atoms with Gasteiger partial charge in [-0.25, -0.2) is 0 Å². The van der Waals surface area contributed by atoms with Gasteiger partial charge in [-0.1, -0.05) is 30.3 Å². The Morgan fingerprint density at radius 1 is 1.18 bits per heavy atom. The molecule has 2 aliphatic rings. The van der Waals surface area contributed by atoms with Crippen LogP contribution in [0.5, 0.6) is 0 Å². The second-order valence-electron chi connectivity index (χ2n) is 6.75. The summed E-state index contributed by atoms with van der Waals surface area (Å²) in [6.07, 6.45) is 2.51. The van der Waals surface area contributed by atoms with E-state index >= 15 is 0 Å². The molecule has 0 bridgehead atoms. The Balaban J connectivity index is 1.48. The second kappa shape index (κ2) is 5.18. The van der Waals surface area contributed by atoms with Gasteiger partial charge < -0.3 is 9.67 Å². The quantitative estimate of drug-likeness (QED) is 0.936. The summed E-state index contributed by atoms with van der Waals surface area (Å²) in [5.41, 5.74) is 0.115. The first-order valence-electron chi connectivity index (χ1n) is 8.06. The Hall–Kier alpha value is -1.72. The van der Waals surface area contributed by atoms with Gasteiger partial charge in [0.2, 0.25) is 0 Å². The summed E-state index contributed by atoms with van der Waals surface area (Å²) in [5, 5.41) is 19.5. The maximum Gasteiger partial charge on any atom is 0.147 e. The van der Waals surface area contributed by atoms with Crippen molar-refractivity contribution in [3.63, 3.8) is 0 Å². The van der Waals surface area contributed by atoms with Crippen LogP contribution in [0.15, 0.2) is 30.3 Å². The Labute approximate surface area is 130 Å². The molecule has 2 aromatic rings. The third-order valence-electron chi connectivity index (χ3n) is 4.73. The molecule has 0 spiro atoms. The number of rotatable bonds is 4. The summed E-state index contributed by atoms with van der Waals surface area (Å²) < 4.78 is 2.28. The molecule has 1 atom stereocenters. The highest BCUT2D eigenvalue weighted by molar-refractivity contribution is 5.22. The predicted octanol–water partition coefficient (Wildman–Crippen LogP) is 1.88.